The number of carbonyl (C=O) groups is 2. The zero-order valence-electron chi connectivity index (χ0n) is 9.27. The fourth-order valence-corrected chi connectivity index (χ4v) is 3.27. The van der Waals surface area contributed by atoms with Crippen molar-refractivity contribution in [2.45, 2.75) is 25.5 Å². The molecular weight excluding hydrogens is 266 g/mol. The van der Waals surface area contributed by atoms with Crippen LogP contribution in [0.25, 0.3) is 0 Å². The highest BCUT2D eigenvalue weighted by Gasteiger charge is 2.58. The molecule has 3 N–H and O–H groups in total. The Hall–Kier alpha value is -1.45. The minimum absolute atomic E-state index is 0.290. The smallest absolute Gasteiger partial charge is 0.353 e. The number of nitrogens with zero attached hydrogens (tertiary/aromatic N) is 1. The van der Waals surface area contributed by atoms with Crippen molar-refractivity contribution in [1.29, 1.82) is 0 Å². The molecule has 0 aliphatic carbocycles. The lowest BCUT2D eigenvalue weighted by atomic mass is 9.83. The molecule has 1 fully saturated rings. The molecule has 2 rings (SSSR count). The molecule has 8 nitrogen and oxygen atoms in total. The predicted octanol–water partition coefficient (Wildman–Crippen LogP) is -1.22. The number of β-lactam (4-membered cyclic amide) rings is 1. The molecule has 18 heavy (non-hydrogen) atoms. The number of aliphatic hydroxyl groups excluding tert-OH is 1. The Kier molecular flexibility index (Phi) is 2.72. The van der Waals surface area contributed by atoms with E-state index in [0.717, 1.165) is 4.90 Å². The molecule has 0 spiro atoms. The summed E-state index contributed by atoms with van der Waals surface area (Å²) in [6, 6.07) is -0.722. The van der Waals surface area contributed by atoms with Gasteiger partial charge in [0.1, 0.15) is 10.6 Å². The van der Waals surface area contributed by atoms with Crippen LogP contribution in [0.3, 0.4) is 0 Å². The molecule has 2 heterocycles. The van der Waals surface area contributed by atoms with Gasteiger partial charge in [0.05, 0.1) is 18.1 Å². The Morgan fingerprint density at radius 3 is 2.44 bits per heavy atom. The summed E-state index contributed by atoms with van der Waals surface area (Å²) in [7, 11) is -4.67. The van der Waals surface area contributed by atoms with E-state index in [-0.39, 0.29) is 6.42 Å². The SMILES string of the molecule is C[C@H](O)[C@@H]1C(=O)N2C(C(=O)O)=C(S(=O)(=O)O)C[C@H]12. The number of hydrogen-bond acceptors (Lipinski definition) is 5. The lowest BCUT2D eigenvalue weighted by Gasteiger charge is -2.44. The molecule has 2 aliphatic rings. The fraction of sp³-hybridized carbons (Fsp3) is 0.556. The number of carbonyl (C=O) groups excluding carboxylic acids is 1. The molecule has 0 radical (unpaired) electrons. The van der Waals surface area contributed by atoms with Gasteiger partial charge < -0.3 is 15.1 Å². The van der Waals surface area contributed by atoms with Gasteiger partial charge >= 0.3 is 5.97 Å². The number of rotatable bonds is 3. The molecule has 0 aromatic heterocycles. The summed E-state index contributed by atoms with van der Waals surface area (Å²) in [4.78, 5) is 22.8. The number of amides is 1. The molecular formula is C9H11NO7S. The van der Waals surface area contributed by atoms with Crippen molar-refractivity contribution >= 4 is 22.0 Å². The van der Waals surface area contributed by atoms with Gasteiger partial charge in [-0.05, 0) is 6.92 Å². The Balaban J connectivity index is 2.46. The van der Waals surface area contributed by atoms with E-state index in [4.69, 9.17) is 9.66 Å². The van der Waals surface area contributed by atoms with Gasteiger partial charge in [-0.3, -0.25) is 9.35 Å². The first-order valence-electron chi connectivity index (χ1n) is 5.11. The molecule has 0 aromatic rings. The van der Waals surface area contributed by atoms with E-state index in [1.165, 1.54) is 6.92 Å². The topological polar surface area (TPSA) is 132 Å². The van der Waals surface area contributed by atoms with Crippen molar-refractivity contribution in [2.24, 2.45) is 5.92 Å². The lowest BCUT2D eigenvalue weighted by molar-refractivity contribution is -0.161. The maximum absolute atomic E-state index is 11.7. The van der Waals surface area contributed by atoms with E-state index in [1.54, 1.807) is 0 Å². The van der Waals surface area contributed by atoms with Crippen LogP contribution in [-0.2, 0) is 19.7 Å². The molecule has 2 aliphatic heterocycles. The number of carboxylic acid groups (broad SMARTS) is 1. The summed E-state index contributed by atoms with van der Waals surface area (Å²) in [5.74, 6) is -3.08. The molecule has 0 bridgehead atoms. The van der Waals surface area contributed by atoms with Crippen LogP contribution < -0.4 is 0 Å². The van der Waals surface area contributed by atoms with Crippen molar-refractivity contribution in [2.75, 3.05) is 0 Å². The van der Waals surface area contributed by atoms with Crippen LogP contribution in [0, 0.1) is 5.92 Å². The Labute approximate surface area is 102 Å². The van der Waals surface area contributed by atoms with Gasteiger partial charge in [0.15, 0.2) is 0 Å². The summed E-state index contributed by atoms with van der Waals surface area (Å²) in [5.41, 5.74) is -0.718. The first-order chi connectivity index (χ1) is 8.16. The maximum atomic E-state index is 11.7. The van der Waals surface area contributed by atoms with Crippen molar-refractivity contribution in [3.8, 4) is 0 Å². The third kappa shape index (κ3) is 1.62. The van der Waals surface area contributed by atoms with Gasteiger partial charge in [0.2, 0.25) is 5.91 Å². The lowest BCUT2D eigenvalue weighted by Crippen LogP contribution is -2.61. The van der Waals surface area contributed by atoms with E-state index in [1.807, 2.05) is 0 Å². The number of carboxylic acids is 1. The van der Waals surface area contributed by atoms with Crippen LogP contribution in [-0.4, -0.2) is 52.1 Å². The number of fused-ring (bicyclic) bond motifs is 1. The minimum atomic E-state index is -4.67. The van der Waals surface area contributed by atoms with Crippen LogP contribution in [0.4, 0.5) is 0 Å². The highest BCUT2D eigenvalue weighted by atomic mass is 32.2. The first kappa shape index (κ1) is 13.0. The van der Waals surface area contributed by atoms with Gasteiger partial charge in [0.25, 0.3) is 10.1 Å². The summed E-state index contributed by atoms with van der Waals surface area (Å²) in [5, 5.41) is 18.3. The zero-order chi connectivity index (χ0) is 13.8. The normalized spacial score (nSPS) is 29.1. The highest BCUT2D eigenvalue weighted by molar-refractivity contribution is 7.89. The van der Waals surface area contributed by atoms with Gasteiger partial charge in [-0.2, -0.15) is 8.42 Å². The Morgan fingerprint density at radius 1 is 1.50 bits per heavy atom. The van der Waals surface area contributed by atoms with Crippen LogP contribution >= 0.6 is 0 Å². The van der Waals surface area contributed by atoms with Crippen LogP contribution in [0.15, 0.2) is 10.6 Å². The second-order valence-corrected chi connectivity index (χ2v) is 5.74. The van der Waals surface area contributed by atoms with Crippen molar-refractivity contribution < 1.29 is 32.8 Å². The third-order valence-corrected chi connectivity index (χ3v) is 4.18. The van der Waals surface area contributed by atoms with Crippen molar-refractivity contribution in [1.82, 2.24) is 4.90 Å². The van der Waals surface area contributed by atoms with E-state index >= 15 is 0 Å². The maximum Gasteiger partial charge on any atom is 0.353 e. The number of aliphatic carboxylic acids is 1. The number of hydrogen-bond donors (Lipinski definition) is 3. The Morgan fingerprint density at radius 2 is 2.06 bits per heavy atom. The molecule has 3 atom stereocenters. The predicted molar refractivity (Wildman–Crippen MR) is 56.6 cm³/mol. The van der Waals surface area contributed by atoms with Gasteiger partial charge in [0, 0.05) is 6.42 Å². The largest absolute Gasteiger partial charge is 0.477 e. The number of aliphatic hydroxyl groups is 1. The van der Waals surface area contributed by atoms with Crippen LogP contribution in [0.5, 0.6) is 0 Å². The van der Waals surface area contributed by atoms with E-state index in [2.05, 4.69) is 0 Å². The molecule has 0 unspecified atom stereocenters. The van der Waals surface area contributed by atoms with Crippen molar-refractivity contribution in [3.05, 3.63) is 10.6 Å². The molecule has 100 valence electrons. The summed E-state index contributed by atoms with van der Waals surface area (Å²) in [6.45, 7) is 1.37. The zero-order valence-corrected chi connectivity index (χ0v) is 10.1. The standard InChI is InChI=1S/C9H11NO7S/c1-3(11)6-4-2-5(18(15,16)17)7(9(13)14)10(4)8(6)12/h3-4,6,11H,2H2,1H3,(H,13,14)(H,15,16,17)/t3-,4+,6-/m0/s1. The Bertz CT molecular complexity index is 561. The summed E-state index contributed by atoms with van der Waals surface area (Å²) in [6.07, 6.45) is -1.29. The molecule has 0 aromatic carbocycles. The monoisotopic (exact) mass is 277 g/mol. The van der Waals surface area contributed by atoms with E-state index in [9.17, 15) is 23.1 Å². The molecule has 0 saturated carbocycles. The fourth-order valence-electron chi connectivity index (χ4n) is 2.46. The quantitative estimate of drug-likeness (QED) is 0.435. The summed E-state index contributed by atoms with van der Waals surface area (Å²) >= 11 is 0. The summed E-state index contributed by atoms with van der Waals surface area (Å²) < 4.78 is 31.1. The average molecular weight is 277 g/mol. The second-order valence-electron chi connectivity index (χ2n) is 4.30. The molecule has 1 saturated heterocycles. The van der Waals surface area contributed by atoms with Crippen LogP contribution in [0.1, 0.15) is 13.3 Å². The van der Waals surface area contributed by atoms with Crippen LogP contribution in [0.2, 0.25) is 0 Å². The van der Waals surface area contributed by atoms with Crippen molar-refractivity contribution in [3.63, 3.8) is 0 Å². The average Bonchev–Trinajstić information content (AvgIpc) is 2.51. The first-order valence-corrected chi connectivity index (χ1v) is 6.55. The highest BCUT2D eigenvalue weighted by Crippen LogP contribution is 2.44. The molecule has 1 amide bonds. The third-order valence-electron chi connectivity index (χ3n) is 3.20. The van der Waals surface area contributed by atoms with Gasteiger partial charge in [-0.25, -0.2) is 4.79 Å². The van der Waals surface area contributed by atoms with Gasteiger partial charge in [-0.1, -0.05) is 0 Å². The minimum Gasteiger partial charge on any atom is -0.477 e. The van der Waals surface area contributed by atoms with Gasteiger partial charge in [-0.15, -0.1) is 0 Å². The van der Waals surface area contributed by atoms with E-state index in [0.29, 0.717) is 0 Å². The molecule has 9 heteroatoms. The van der Waals surface area contributed by atoms with E-state index < -0.39 is 50.7 Å². The second kappa shape index (κ2) is 3.77.